The minimum atomic E-state index is -0.190. The van der Waals surface area contributed by atoms with Crippen molar-refractivity contribution < 1.29 is 9.53 Å². The molecule has 0 aliphatic heterocycles. The summed E-state index contributed by atoms with van der Waals surface area (Å²) < 4.78 is 6.51. The first-order valence-electron chi connectivity index (χ1n) is 10.2. The summed E-state index contributed by atoms with van der Waals surface area (Å²) in [5.41, 5.74) is 4.61. The number of hydrogen-bond acceptors (Lipinski definition) is 7. The first kappa shape index (κ1) is 20.7. The van der Waals surface area contributed by atoms with Gasteiger partial charge >= 0.3 is 5.97 Å². The molecule has 160 valence electrons. The number of nitrogens with zero attached hydrogens (tertiary/aromatic N) is 5. The highest BCUT2D eigenvalue weighted by atomic mass is 16.5. The van der Waals surface area contributed by atoms with E-state index in [4.69, 9.17) is 4.74 Å². The number of H-pyrrole nitrogens is 1. The summed E-state index contributed by atoms with van der Waals surface area (Å²) in [6.07, 6.45) is 7.42. The van der Waals surface area contributed by atoms with Gasteiger partial charge in [-0.3, -0.25) is 14.9 Å². The Morgan fingerprint density at radius 3 is 2.87 bits per heavy atom. The molecule has 31 heavy (non-hydrogen) atoms. The van der Waals surface area contributed by atoms with Gasteiger partial charge in [0.15, 0.2) is 0 Å². The van der Waals surface area contributed by atoms with Gasteiger partial charge in [0, 0.05) is 42.2 Å². The summed E-state index contributed by atoms with van der Waals surface area (Å²) in [6, 6.07) is 9.90. The van der Waals surface area contributed by atoms with E-state index in [0.717, 1.165) is 52.9 Å². The monoisotopic (exact) mass is 419 g/mol. The average Bonchev–Trinajstić information content (AvgIpc) is 3.46. The second-order valence-electron chi connectivity index (χ2n) is 7.35. The van der Waals surface area contributed by atoms with Crippen molar-refractivity contribution in [2.24, 2.45) is 0 Å². The van der Waals surface area contributed by atoms with E-state index in [2.05, 4.69) is 36.9 Å². The highest BCUT2D eigenvalue weighted by molar-refractivity contribution is 5.94. The van der Waals surface area contributed by atoms with E-state index in [-0.39, 0.29) is 11.9 Å². The van der Waals surface area contributed by atoms with Crippen LogP contribution in [0, 0.1) is 0 Å². The zero-order chi connectivity index (χ0) is 21.6. The number of aromatic nitrogens is 6. The predicted octanol–water partition coefficient (Wildman–Crippen LogP) is 2.85. The zero-order valence-corrected chi connectivity index (χ0v) is 17.6. The lowest BCUT2D eigenvalue weighted by atomic mass is 9.99. The molecule has 1 aromatic carbocycles. The molecule has 9 nitrogen and oxygen atoms in total. The standard InChI is InChI=1S/C22H25N7O2/c1-23-13-16(4-3-5-21(30)31-2)20-14-29(28-26-20)17-6-7-19-18(12-17)22(27-25-19)15-8-10-24-11-9-15/h6-12,14,16,23H,3-5,13H2,1-2H3,(H,25,27)/t16-/m1/s1. The molecule has 1 atom stereocenters. The van der Waals surface area contributed by atoms with E-state index in [1.54, 1.807) is 17.1 Å². The van der Waals surface area contributed by atoms with Crippen molar-refractivity contribution in [1.82, 2.24) is 35.5 Å². The number of fused-ring (bicyclic) bond motifs is 1. The number of esters is 1. The van der Waals surface area contributed by atoms with E-state index < -0.39 is 0 Å². The number of likely N-dealkylation sites (N-methyl/N-ethyl adjacent to an activating group) is 1. The second kappa shape index (κ2) is 9.48. The number of carbonyl (C=O) groups excluding carboxylic acids is 1. The maximum atomic E-state index is 11.4. The van der Waals surface area contributed by atoms with Gasteiger partial charge in [-0.1, -0.05) is 5.21 Å². The number of ether oxygens (including phenoxy) is 1. The second-order valence-corrected chi connectivity index (χ2v) is 7.35. The van der Waals surface area contributed by atoms with E-state index in [1.165, 1.54) is 7.11 Å². The fourth-order valence-corrected chi connectivity index (χ4v) is 3.66. The lowest BCUT2D eigenvalue weighted by Crippen LogP contribution is -2.18. The van der Waals surface area contributed by atoms with Crippen LogP contribution < -0.4 is 5.32 Å². The van der Waals surface area contributed by atoms with Crippen molar-refractivity contribution in [3.05, 3.63) is 54.6 Å². The molecule has 0 amide bonds. The van der Waals surface area contributed by atoms with Gasteiger partial charge in [-0.15, -0.1) is 5.10 Å². The third-order valence-corrected chi connectivity index (χ3v) is 5.31. The minimum absolute atomic E-state index is 0.161. The van der Waals surface area contributed by atoms with Crippen LogP contribution in [0.5, 0.6) is 0 Å². The number of nitrogens with one attached hydrogen (secondary N) is 2. The highest BCUT2D eigenvalue weighted by Gasteiger charge is 2.17. The maximum absolute atomic E-state index is 11.4. The van der Waals surface area contributed by atoms with Crippen molar-refractivity contribution in [2.45, 2.75) is 25.2 Å². The largest absolute Gasteiger partial charge is 0.469 e. The van der Waals surface area contributed by atoms with Crippen LogP contribution in [0.25, 0.3) is 27.8 Å². The van der Waals surface area contributed by atoms with Crippen LogP contribution in [0.2, 0.25) is 0 Å². The normalized spacial score (nSPS) is 12.2. The third-order valence-electron chi connectivity index (χ3n) is 5.31. The summed E-state index contributed by atoms with van der Waals surface area (Å²) in [7, 11) is 3.32. The lowest BCUT2D eigenvalue weighted by Gasteiger charge is -2.13. The molecule has 0 spiro atoms. The van der Waals surface area contributed by atoms with E-state index in [0.29, 0.717) is 6.42 Å². The van der Waals surface area contributed by atoms with Crippen LogP contribution in [-0.4, -0.2) is 56.8 Å². The number of aromatic amines is 1. The summed E-state index contributed by atoms with van der Waals surface area (Å²) in [5, 5.41) is 20.5. The van der Waals surface area contributed by atoms with Crippen LogP contribution in [0.3, 0.4) is 0 Å². The predicted molar refractivity (Wildman–Crippen MR) is 117 cm³/mol. The van der Waals surface area contributed by atoms with Crippen molar-refractivity contribution >= 4 is 16.9 Å². The number of benzene rings is 1. The van der Waals surface area contributed by atoms with E-state index in [9.17, 15) is 4.79 Å². The molecule has 0 fully saturated rings. The first-order valence-corrected chi connectivity index (χ1v) is 10.2. The molecule has 3 aromatic heterocycles. The van der Waals surface area contributed by atoms with Gasteiger partial charge in [0.25, 0.3) is 0 Å². The Morgan fingerprint density at radius 2 is 2.10 bits per heavy atom. The van der Waals surface area contributed by atoms with Gasteiger partial charge in [-0.25, -0.2) is 4.68 Å². The number of hydrogen-bond donors (Lipinski definition) is 2. The molecule has 0 aliphatic carbocycles. The van der Waals surface area contributed by atoms with Gasteiger partial charge in [0.1, 0.15) is 5.69 Å². The molecule has 0 radical (unpaired) electrons. The smallest absolute Gasteiger partial charge is 0.305 e. The molecule has 0 saturated carbocycles. The van der Waals surface area contributed by atoms with Gasteiger partial charge in [0.2, 0.25) is 0 Å². The van der Waals surface area contributed by atoms with Crippen LogP contribution in [0.15, 0.2) is 48.9 Å². The fraction of sp³-hybridized carbons (Fsp3) is 0.318. The average molecular weight is 419 g/mol. The van der Waals surface area contributed by atoms with Crippen LogP contribution in [0.1, 0.15) is 30.9 Å². The number of carbonyl (C=O) groups is 1. The Hall–Kier alpha value is -3.59. The third kappa shape index (κ3) is 4.61. The Kier molecular flexibility index (Phi) is 6.32. The molecule has 0 unspecified atom stereocenters. The lowest BCUT2D eigenvalue weighted by molar-refractivity contribution is -0.140. The zero-order valence-electron chi connectivity index (χ0n) is 17.6. The first-order chi connectivity index (χ1) is 15.2. The Balaban J connectivity index is 1.58. The topological polar surface area (TPSA) is 111 Å². The van der Waals surface area contributed by atoms with Crippen LogP contribution >= 0.6 is 0 Å². The Morgan fingerprint density at radius 1 is 1.26 bits per heavy atom. The van der Waals surface area contributed by atoms with Crippen LogP contribution in [-0.2, 0) is 9.53 Å². The molecular formula is C22H25N7O2. The SMILES string of the molecule is CNC[C@@H](CCCC(=O)OC)c1cn(-c2ccc3[nH]nc(-c4ccncc4)c3c2)nn1. The molecular weight excluding hydrogens is 394 g/mol. The summed E-state index contributed by atoms with van der Waals surface area (Å²) in [6.45, 7) is 0.757. The van der Waals surface area contributed by atoms with Gasteiger partial charge in [-0.05, 0) is 50.2 Å². The molecule has 4 rings (SSSR count). The molecule has 0 saturated heterocycles. The fourth-order valence-electron chi connectivity index (χ4n) is 3.66. The molecule has 4 aromatic rings. The Labute approximate surface area is 179 Å². The molecule has 2 N–H and O–H groups in total. The van der Waals surface area contributed by atoms with Gasteiger partial charge in [0.05, 0.1) is 30.2 Å². The molecule has 3 heterocycles. The maximum Gasteiger partial charge on any atom is 0.305 e. The number of pyridine rings is 1. The van der Waals surface area contributed by atoms with E-state index in [1.807, 2.05) is 37.5 Å². The summed E-state index contributed by atoms with van der Waals surface area (Å²) in [4.78, 5) is 15.5. The molecule has 0 aliphatic rings. The van der Waals surface area contributed by atoms with Crippen molar-refractivity contribution in [3.8, 4) is 16.9 Å². The quantitative estimate of drug-likeness (QED) is 0.401. The van der Waals surface area contributed by atoms with E-state index >= 15 is 0 Å². The van der Waals surface area contributed by atoms with Crippen molar-refractivity contribution in [1.29, 1.82) is 0 Å². The van der Waals surface area contributed by atoms with Gasteiger partial charge < -0.3 is 10.1 Å². The Bertz CT molecular complexity index is 1150. The minimum Gasteiger partial charge on any atom is -0.469 e. The summed E-state index contributed by atoms with van der Waals surface area (Å²) >= 11 is 0. The highest BCUT2D eigenvalue weighted by Crippen LogP contribution is 2.28. The summed E-state index contributed by atoms with van der Waals surface area (Å²) in [5.74, 6) is -0.0290. The number of rotatable bonds is 9. The van der Waals surface area contributed by atoms with Gasteiger partial charge in [-0.2, -0.15) is 5.10 Å². The van der Waals surface area contributed by atoms with Crippen molar-refractivity contribution in [3.63, 3.8) is 0 Å². The molecule has 9 heteroatoms. The van der Waals surface area contributed by atoms with Crippen LogP contribution in [0.4, 0.5) is 0 Å². The molecule has 0 bridgehead atoms. The number of methoxy groups -OCH3 is 1. The van der Waals surface area contributed by atoms with Crippen molar-refractivity contribution in [2.75, 3.05) is 20.7 Å².